The predicted octanol–water partition coefficient (Wildman–Crippen LogP) is 4.51. The summed E-state index contributed by atoms with van der Waals surface area (Å²) >= 11 is 0. The summed E-state index contributed by atoms with van der Waals surface area (Å²) in [5.74, 6) is 0.345. The summed E-state index contributed by atoms with van der Waals surface area (Å²) in [6.45, 7) is 2.03. The van der Waals surface area contributed by atoms with Gasteiger partial charge in [0.15, 0.2) is 0 Å². The van der Waals surface area contributed by atoms with Gasteiger partial charge in [-0.3, -0.25) is 13.9 Å². The van der Waals surface area contributed by atoms with Crippen molar-refractivity contribution in [3.8, 4) is 16.9 Å². The molecule has 0 saturated heterocycles. The molecule has 1 aliphatic rings. The number of aryl methyl sites for hydroxylation is 1. The molecule has 0 radical (unpaired) electrons. The highest BCUT2D eigenvalue weighted by Crippen LogP contribution is 2.41. The van der Waals surface area contributed by atoms with Crippen LogP contribution in [0.25, 0.3) is 16.9 Å². The number of aromatic nitrogens is 4. The molecule has 188 valence electrons. The number of anilines is 1. The molecule has 0 bridgehead atoms. The van der Waals surface area contributed by atoms with Crippen molar-refractivity contribution < 1.29 is 0 Å². The molecule has 3 aromatic carbocycles. The van der Waals surface area contributed by atoms with Crippen molar-refractivity contribution in [2.45, 2.75) is 13.0 Å². The molecule has 38 heavy (non-hydrogen) atoms. The minimum absolute atomic E-state index is 0.345. The number of hydrogen-bond acceptors (Lipinski definition) is 5. The fraction of sp³-hybridized carbons (Fsp3) is 0.133. The minimum Gasteiger partial charge on any atom is -0.320 e. The van der Waals surface area contributed by atoms with Crippen molar-refractivity contribution >= 4 is 17.8 Å². The van der Waals surface area contributed by atoms with Gasteiger partial charge in [0.2, 0.25) is 0 Å². The number of aliphatic imine (C=N–C) groups is 1. The highest BCUT2D eigenvalue weighted by Gasteiger charge is 2.36. The van der Waals surface area contributed by atoms with Crippen LogP contribution in [0.3, 0.4) is 0 Å². The minimum atomic E-state index is -0.580. The van der Waals surface area contributed by atoms with Crippen LogP contribution >= 0.6 is 0 Å². The Morgan fingerprint density at radius 3 is 2.11 bits per heavy atom. The van der Waals surface area contributed by atoms with E-state index < -0.39 is 11.7 Å². The zero-order valence-electron chi connectivity index (χ0n) is 21.3. The van der Waals surface area contributed by atoms with Crippen molar-refractivity contribution in [3.05, 3.63) is 129 Å². The Bertz CT molecular complexity index is 1780. The lowest BCUT2D eigenvalue weighted by Crippen LogP contribution is -2.44. The number of nitrogens with zero attached hydrogens (tertiary/aromatic N) is 6. The fourth-order valence-electron chi connectivity index (χ4n) is 4.94. The third-order valence-corrected chi connectivity index (χ3v) is 6.96. The van der Waals surface area contributed by atoms with E-state index in [1.165, 1.54) is 11.6 Å². The number of para-hydroxylation sites is 1. The van der Waals surface area contributed by atoms with Crippen LogP contribution in [-0.4, -0.2) is 25.3 Å². The highest BCUT2D eigenvalue weighted by molar-refractivity contribution is 5.87. The van der Waals surface area contributed by atoms with Crippen LogP contribution in [0.2, 0.25) is 0 Å². The first-order valence-electron chi connectivity index (χ1n) is 12.3. The molecular weight excluding hydrogens is 476 g/mol. The Balaban J connectivity index is 1.68. The van der Waals surface area contributed by atoms with E-state index >= 15 is 0 Å². The Morgan fingerprint density at radius 2 is 1.42 bits per heavy atom. The Morgan fingerprint density at radius 1 is 0.763 bits per heavy atom. The zero-order valence-corrected chi connectivity index (χ0v) is 21.3. The van der Waals surface area contributed by atoms with E-state index in [0.717, 1.165) is 38.3 Å². The Labute approximate surface area is 219 Å². The predicted molar refractivity (Wildman–Crippen MR) is 150 cm³/mol. The van der Waals surface area contributed by atoms with Crippen molar-refractivity contribution in [2.75, 3.05) is 4.90 Å². The maximum absolute atomic E-state index is 13.7. The molecule has 3 heterocycles. The van der Waals surface area contributed by atoms with Crippen LogP contribution in [-0.2, 0) is 14.1 Å². The summed E-state index contributed by atoms with van der Waals surface area (Å²) in [4.78, 5) is 33.1. The van der Waals surface area contributed by atoms with Crippen molar-refractivity contribution in [1.82, 2.24) is 18.9 Å². The maximum atomic E-state index is 13.7. The fourth-order valence-corrected chi connectivity index (χ4v) is 4.94. The van der Waals surface area contributed by atoms with E-state index in [-0.39, 0.29) is 5.56 Å². The highest BCUT2D eigenvalue weighted by atomic mass is 16.2. The molecule has 8 heteroatoms. The first kappa shape index (κ1) is 23.4. The monoisotopic (exact) mass is 502 g/mol. The largest absolute Gasteiger partial charge is 0.332 e. The van der Waals surface area contributed by atoms with Gasteiger partial charge in [-0.15, -0.1) is 0 Å². The lowest BCUT2D eigenvalue weighted by molar-refractivity contribution is 0.651. The van der Waals surface area contributed by atoms with Gasteiger partial charge in [-0.25, -0.2) is 14.5 Å². The summed E-state index contributed by atoms with van der Waals surface area (Å²) in [5.41, 5.74) is 5.00. The van der Waals surface area contributed by atoms with E-state index in [1.54, 1.807) is 13.4 Å². The normalized spacial score (nSPS) is 14.5. The smallest absolute Gasteiger partial charge is 0.320 e. The van der Waals surface area contributed by atoms with E-state index in [0.29, 0.717) is 11.4 Å². The van der Waals surface area contributed by atoms with Crippen LogP contribution < -0.4 is 16.1 Å². The molecule has 0 amide bonds. The SMILES string of the molecule is Cc1ccc(N2C=Nc3c(c(=O)n(C)c(=O)n3C)C2c2cn(-c3ccccc3)nc2-c2ccccc2)cc1. The van der Waals surface area contributed by atoms with Gasteiger partial charge in [0.1, 0.15) is 5.82 Å². The molecule has 1 aliphatic heterocycles. The van der Waals surface area contributed by atoms with E-state index in [4.69, 9.17) is 5.10 Å². The summed E-state index contributed by atoms with van der Waals surface area (Å²) < 4.78 is 4.41. The van der Waals surface area contributed by atoms with Crippen LogP contribution in [0.5, 0.6) is 0 Å². The van der Waals surface area contributed by atoms with Crippen molar-refractivity contribution in [3.63, 3.8) is 0 Å². The average Bonchev–Trinajstić information content (AvgIpc) is 3.41. The quantitative estimate of drug-likeness (QED) is 0.362. The number of fused-ring (bicyclic) bond motifs is 1. The van der Waals surface area contributed by atoms with Crippen molar-refractivity contribution in [2.24, 2.45) is 19.1 Å². The van der Waals surface area contributed by atoms with Gasteiger partial charge in [-0.2, -0.15) is 5.10 Å². The second-order valence-electron chi connectivity index (χ2n) is 9.41. The second kappa shape index (κ2) is 9.15. The lowest BCUT2D eigenvalue weighted by atomic mass is 9.94. The van der Waals surface area contributed by atoms with Gasteiger partial charge in [0, 0.05) is 37.1 Å². The summed E-state index contributed by atoms with van der Waals surface area (Å²) in [7, 11) is 3.14. The maximum Gasteiger partial charge on any atom is 0.332 e. The third kappa shape index (κ3) is 3.78. The molecular formula is C30H26N6O2. The standard InChI is InChI=1S/C30H26N6O2/c1-20-14-16-22(17-15-20)35-19-31-28-25(29(37)34(3)30(38)33(28)2)27(35)24-18-36(23-12-8-5-9-13-23)32-26(24)21-10-6-4-7-11-21/h4-19,27H,1-3H3. The van der Waals surface area contributed by atoms with Crippen LogP contribution in [0.4, 0.5) is 11.5 Å². The third-order valence-electron chi connectivity index (χ3n) is 6.96. The molecule has 1 unspecified atom stereocenters. The molecule has 0 spiro atoms. The van der Waals surface area contributed by atoms with Gasteiger partial charge >= 0.3 is 5.69 Å². The summed E-state index contributed by atoms with van der Waals surface area (Å²) in [5, 5.41) is 5.00. The molecule has 8 nitrogen and oxygen atoms in total. The molecule has 0 N–H and O–H groups in total. The molecule has 2 aromatic heterocycles. The molecule has 1 atom stereocenters. The first-order chi connectivity index (χ1) is 18.4. The molecule has 5 aromatic rings. The van der Waals surface area contributed by atoms with E-state index in [2.05, 4.69) is 4.99 Å². The first-order valence-corrected chi connectivity index (χ1v) is 12.3. The zero-order chi connectivity index (χ0) is 26.4. The second-order valence-corrected chi connectivity index (χ2v) is 9.41. The number of rotatable bonds is 4. The van der Waals surface area contributed by atoms with Crippen molar-refractivity contribution in [1.29, 1.82) is 0 Å². The van der Waals surface area contributed by atoms with Crippen LogP contribution in [0, 0.1) is 6.92 Å². The Kier molecular flexibility index (Phi) is 5.64. The van der Waals surface area contributed by atoms with Crippen LogP contribution in [0.15, 0.2) is 106 Å². The summed E-state index contributed by atoms with van der Waals surface area (Å²) in [6.07, 6.45) is 3.67. The lowest BCUT2D eigenvalue weighted by Gasteiger charge is -2.34. The average molecular weight is 503 g/mol. The Hall–Kier alpha value is -4.98. The topological polar surface area (TPSA) is 77.4 Å². The molecule has 0 aliphatic carbocycles. The number of benzene rings is 3. The van der Waals surface area contributed by atoms with Gasteiger partial charge in [-0.1, -0.05) is 66.2 Å². The van der Waals surface area contributed by atoms with Gasteiger partial charge in [-0.05, 0) is 31.2 Å². The van der Waals surface area contributed by atoms with Crippen LogP contribution in [0.1, 0.15) is 22.7 Å². The van der Waals surface area contributed by atoms with E-state index in [9.17, 15) is 9.59 Å². The van der Waals surface area contributed by atoms with E-state index in [1.807, 2.05) is 108 Å². The molecule has 0 saturated carbocycles. The molecule has 6 rings (SSSR count). The van der Waals surface area contributed by atoms with Gasteiger partial charge in [0.05, 0.1) is 29.3 Å². The number of hydrogen-bond donors (Lipinski definition) is 0. The van der Waals surface area contributed by atoms with Gasteiger partial charge < -0.3 is 4.90 Å². The summed E-state index contributed by atoms with van der Waals surface area (Å²) in [6, 6.07) is 27.3. The van der Waals surface area contributed by atoms with Gasteiger partial charge in [0.25, 0.3) is 5.56 Å². The molecule has 0 fully saturated rings.